The highest BCUT2D eigenvalue weighted by Gasteiger charge is 2.20. The number of aromatic nitrogens is 3. The van der Waals surface area contributed by atoms with Gasteiger partial charge in [-0.1, -0.05) is 31.5 Å². The van der Waals surface area contributed by atoms with Crippen LogP contribution in [0, 0.1) is 0 Å². The van der Waals surface area contributed by atoms with Gasteiger partial charge in [-0.05, 0) is 19.3 Å². The first-order valence-electron chi connectivity index (χ1n) is 6.49. The lowest BCUT2D eigenvalue weighted by Gasteiger charge is -2.17. The van der Waals surface area contributed by atoms with E-state index in [2.05, 4.69) is 30.4 Å². The molecule has 0 saturated heterocycles. The third-order valence-electron chi connectivity index (χ3n) is 3.40. The molecule has 0 spiro atoms. The summed E-state index contributed by atoms with van der Waals surface area (Å²) < 4.78 is 1.84. The zero-order chi connectivity index (χ0) is 14.0. The summed E-state index contributed by atoms with van der Waals surface area (Å²) in [6.07, 6.45) is 5.82. The highest BCUT2D eigenvalue weighted by atomic mass is 35.5. The van der Waals surface area contributed by atoms with Crippen molar-refractivity contribution in [3.8, 4) is 6.01 Å². The van der Waals surface area contributed by atoms with Gasteiger partial charge in [0, 0.05) is 17.8 Å². The minimum atomic E-state index is 0.00350. The second kappa shape index (κ2) is 5.61. The van der Waals surface area contributed by atoms with Gasteiger partial charge >= 0.3 is 0 Å². The first-order valence-corrected chi connectivity index (χ1v) is 6.86. The molecular formula is C14H18ClN3O. The van der Waals surface area contributed by atoms with Gasteiger partial charge in [-0.2, -0.15) is 4.98 Å². The Kier molecular flexibility index (Phi) is 4.10. The molecule has 0 amide bonds. The van der Waals surface area contributed by atoms with E-state index in [1.807, 2.05) is 4.57 Å². The fourth-order valence-corrected chi connectivity index (χ4v) is 2.64. The van der Waals surface area contributed by atoms with E-state index >= 15 is 0 Å². The average Bonchev–Trinajstić information content (AvgIpc) is 2.72. The summed E-state index contributed by atoms with van der Waals surface area (Å²) in [5, 5.41) is 10.7. The number of aromatic hydroxyl groups is 1. The molecule has 1 N–H and O–H groups in total. The van der Waals surface area contributed by atoms with Gasteiger partial charge in [-0.15, -0.1) is 6.58 Å². The Balaban J connectivity index is 2.78. The van der Waals surface area contributed by atoms with E-state index < -0.39 is 0 Å². The maximum Gasteiger partial charge on any atom is 0.296 e. The fourth-order valence-electron chi connectivity index (χ4n) is 2.43. The van der Waals surface area contributed by atoms with Gasteiger partial charge in [-0.25, -0.2) is 4.98 Å². The summed E-state index contributed by atoms with van der Waals surface area (Å²) in [5.41, 5.74) is 2.27. The first-order chi connectivity index (χ1) is 9.13. The summed E-state index contributed by atoms with van der Waals surface area (Å²) in [4.78, 5) is 8.33. The van der Waals surface area contributed by atoms with Crippen LogP contribution in [0.4, 0.5) is 0 Å². The van der Waals surface area contributed by atoms with Crippen molar-refractivity contribution in [2.75, 3.05) is 0 Å². The van der Waals surface area contributed by atoms with Gasteiger partial charge in [0.25, 0.3) is 6.01 Å². The van der Waals surface area contributed by atoms with Crippen molar-refractivity contribution in [1.29, 1.82) is 0 Å². The predicted molar refractivity (Wildman–Crippen MR) is 77.7 cm³/mol. The van der Waals surface area contributed by atoms with Crippen molar-refractivity contribution in [3.05, 3.63) is 29.4 Å². The highest BCUT2D eigenvalue weighted by Crippen LogP contribution is 2.33. The molecule has 4 nitrogen and oxygen atoms in total. The quantitative estimate of drug-likeness (QED) is 0.845. The molecule has 0 radical (unpaired) electrons. The van der Waals surface area contributed by atoms with Crippen LogP contribution < -0.4 is 0 Å². The molecule has 0 aliphatic heterocycles. The van der Waals surface area contributed by atoms with E-state index in [1.165, 1.54) is 0 Å². The van der Waals surface area contributed by atoms with Gasteiger partial charge in [0.15, 0.2) is 5.65 Å². The topological polar surface area (TPSA) is 50.9 Å². The molecule has 19 heavy (non-hydrogen) atoms. The fraction of sp³-hybridized carbons (Fsp3) is 0.429. The number of allylic oxidation sites excluding steroid dienone is 1. The molecule has 2 aromatic heterocycles. The van der Waals surface area contributed by atoms with Gasteiger partial charge < -0.3 is 5.11 Å². The zero-order valence-electron chi connectivity index (χ0n) is 11.2. The second-order valence-electron chi connectivity index (χ2n) is 4.50. The molecule has 0 saturated carbocycles. The maximum atomic E-state index is 10.1. The predicted octanol–water partition coefficient (Wildman–Crippen LogP) is 3.88. The largest absolute Gasteiger partial charge is 0.480 e. The van der Waals surface area contributed by atoms with Crippen LogP contribution in [-0.4, -0.2) is 19.6 Å². The smallest absolute Gasteiger partial charge is 0.296 e. The van der Waals surface area contributed by atoms with Crippen LogP contribution >= 0.6 is 11.6 Å². The highest BCUT2D eigenvalue weighted by molar-refractivity contribution is 6.32. The maximum absolute atomic E-state index is 10.1. The molecule has 0 atom stereocenters. The van der Waals surface area contributed by atoms with Crippen LogP contribution in [-0.2, 0) is 6.42 Å². The molecule has 0 aliphatic carbocycles. The molecule has 0 aromatic carbocycles. The zero-order valence-corrected chi connectivity index (χ0v) is 12.0. The number of halogens is 1. The van der Waals surface area contributed by atoms with Gasteiger partial charge in [0.1, 0.15) is 0 Å². The molecule has 0 aliphatic rings. The number of nitrogens with zero attached hydrogens (tertiary/aromatic N) is 3. The molecule has 2 aromatic rings. The minimum absolute atomic E-state index is 0.00350. The first kappa shape index (κ1) is 13.9. The van der Waals surface area contributed by atoms with Crippen LogP contribution in [0.5, 0.6) is 6.01 Å². The van der Waals surface area contributed by atoms with Gasteiger partial charge in [-0.3, -0.25) is 4.57 Å². The lowest BCUT2D eigenvalue weighted by atomic mass is 10.1. The molecule has 0 bridgehead atoms. The Morgan fingerprint density at radius 3 is 2.74 bits per heavy atom. The van der Waals surface area contributed by atoms with Crippen molar-refractivity contribution in [3.63, 3.8) is 0 Å². The van der Waals surface area contributed by atoms with E-state index in [1.54, 1.807) is 12.3 Å². The molecule has 5 heteroatoms. The van der Waals surface area contributed by atoms with Crippen LogP contribution in [0.15, 0.2) is 18.9 Å². The summed E-state index contributed by atoms with van der Waals surface area (Å²) in [6, 6.07) is 0.192. The summed E-state index contributed by atoms with van der Waals surface area (Å²) in [7, 11) is 0. The van der Waals surface area contributed by atoms with Crippen molar-refractivity contribution in [1.82, 2.24) is 14.5 Å². The number of rotatable bonds is 5. The Bertz CT molecular complexity index is 602. The van der Waals surface area contributed by atoms with Crippen molar-refractivity contribution < 1.29 is 5.11 Å². The molecule has 102 valence electrons. The van der Waals surface area contributed by atoms with E-state index in [0.29, 0.717) is 17.1 Å². The second-order valence-corrected chi connectivity index (χ2v) is 4.91. The third kappa shape index (κ3) is 2.32. The Morgan fingerprint density at radius 2 is 2.16 bits per heavy atom. The van der Waals surface area contributed by atoms with Crippen LogP contribution in [0.1, 0.15) is 38.3 Å². The summed E-state index contributed by atoms with van der Waals surface area (Å²) in [5.74, 6) is 0. The van der Waals surface area contributed by atoms with Crippen molar-refractivity contribution >= 4 is 22.8 Å². The molecule has 0 unspecified atom stereocenters. The van der Waals surface area contributed by atoms with E-state index in [-0.39, 0.29) is 12.1 Å². The van der Waals surface area contributed by atoms with Crippen molar-refractivity contribution in [2.24, 2.45) is 0 Å². The van der Waals surface area contributed by atoms with Gasteiger partial charge in [0.05, 0.1) is 10.5 Å². The number of hydrogen-bond donors (Lipinski definition) is 1. The number of fused-ring (bicyclic) bond motifs is 1. The SMILES string of the molecule is C=CCc1c(Cl)cnc2nc(O)n(C(CC)CC)c12. The summed E-state index contributed by atoms with van der Waals surface area (Å²) in [6.45, 7) is 7.93. The molecule has 0 fully saturated rings. The van der Waals surface area contributed by atoms with Crippen LogP contribution in [0.25, 0.3) is 11.2 Å². The van der Waals surface area contributed by atoms with E-state index in [4.69, 9.17) is 11.6 Å². The normalized spacial score (nSPS) is 11.4. The molecule has 2 heterocycles. The Labute approximate surface area is 117 Å². The van der Waals surface area contributed by atoms with Crippen LogP contribution in [0.3, 0.4) is 0 Å². The lowest BCUT2D eigenvalue weighted by Crippen LogP contribution is -2.08. The lowest BCUT2D eigenvalue weighted by molar-refractivity contribution is 0.361. The standard InChI is InChI=1S/C14H18ClN3O/c1-4-7-10-11(15)8-16-13-12(10)18(14(19)17-13)9(5-2)6-3/h4,8-9H,1,5-7H2,2-3H3,(H,16,17,19). The minimum Gasteiger partial charge on any atom is -0.480 e. The number of pyridine rings is 1. The Hall–Kier alpha value is -1.55. The van der Waals surface area contributed by atoms with Crippen LogP contribution in [0.2, 0.25) is 5.02 Å². The third-order valence-corrected chi connectivity index (χ3v) is 3.73. The van der Waals surface area contributed by atoms with E-state index in [0.717, 1.165) is 23.9 Å². The summed E-state index contributed by atoms with van der Waals surface area (Å²) >= 11 is 6.22. The number of imidazole rings is 1. The van der Waals surface area contributed by atoms with Crippen molar-refractivity contribution in [2.45, 2.75) is 39.2 Å². The monoisotopic (exact) mass is 279 g/mol. The number of hydrogen-bond acceptors (Lipinski definition) is 3. The van der Waals surface area contributed by atoms with Gasteiger partial charge in [0.2, 0.25) is 0 Å². The average molecular weight is 280 g/mol. The Morgan fingerprint density at radius 1 is 1.47 bits per heavy atom. The van der Waals surface area contributed by atoms with E-state index in [9.17, 15) is 5.11 Å². The molecule has 2 rings (SSSR count). The molecular weight excluding hydrogens is 262 g/mol.